The van der Waals surface area contributed by atoms with Gasteiger partial charge in [0.1, 0.15) is 0 Å². The molecule has 0 saturated carbocycles. The van der Waals surface area contributed by atoms with Crippen LogP contribution < -0.4 is 4.72 Å². The van der Waals surface area contributed by atoms with Crippen LogP contribution in [0.2, 0.25) is 0 Å². The average Bonchev–Trinajstić information content (AvgIpc) is 2.19. The Morgan fingerprint density at radius 1 is 1.08 bits per heavy atom. The van der Waals surface area contributed by atoms with Crippen molar-refractivity contribution in [3.63, 3.8) is 0 Å². The summed E-state index contributed by atoms with van der Waals surface area (Å²) in [7, 11) is 0. The summed E-state index contributed by atoms with van der Waals surface area (Å²) in [4.78, 5) is 1.35. The second kappa shape index (κ2) is 2.76. The fraction of sp³-hybridized carbons (Fsp3) is 0.0909. The van der Waals surface area contributed by atoms with E-state index in [0.29, 0.717) is 0 Å². The maximum absolute atomic E-state index is 3.32. The molecule has 2 aromatic carbocycles. The van der Waals surface area contributed by atoms with Gasteiger partial charge in [-0.2, -0.15) is 0 Å². The Morgan fingerprint density at radius 3 is 2.85 bits per heavy atom. The van der Waals surface area contributed by atoms with Gasteiger partial charge in [-0.05, 0) is 29.0 Å². The summed E-state index contributed by atoms with van der Waals surface area (Å²) in [5.41, 5.74) is 1.41. The number of rotatable bonds is 0. The Morgan fingerprint density at radius 2 is 1.92 bits per heavy atom. The van der Waals surface area contributed by atoms with Crippen LogP contribution in [0.3, 0.4) is 0 Å². The van der Waals surface area contributed by atoms with E-state index >= 15 is 0 Å². The van der Waals surface area contributed by atoms with Gasteiger partial charge >= 0.3 is 0 Å². The van der Waals surface area contributed by atoms with Gasteiger partial charge in [-0.1, -0.05) is 30.3 Å². The van der Waals surface area contributed by atoms with E-state index in [-0.39, 0.29) is 0 Å². The Labute approximate surface area is 81.3 Å². The van der Waals surface area contributed by atoms with Crippen LogP contribution in [-0.4, -0.2) is 0 Å². The fourth-order valence-electron chi connectivity index (χ4n) is 1.81. The molecule has 0 bridgehead atoms. The van der Waals surface area contributed by atoms with Crippen molar-refractivity contribution in [1.29, 1.82) is 0 Å². The smallest absolute Gasteiger partial charge is 0.0319 e. The van der Waals surface area contributed by atoms with Gasteiger partial charge in [0.25, 0.3) is 0 Å². The molecule has 1 aliphatic heterocycles. The Hall–Kier alpha value is -0.990. The lowest BCUT2D eigenvalue weighted by molar-refractivity contribution is 0.970. The van der Waals surface area contributed by atoms with Crippen molar-refractivity contribution >= 4 is 22.7 Å². The summed E-state index contributed by atoms with van der Waals surface area (Å²) in [5, 5.41) is 2.78. The highest BCUT2D eigenvalue weighted by Gasteiger charge is 2.10. The summed E-state index contributed by atoms with van der Waals surface area (Å²) < 4.78 is 3.32. The molecular weight excluding hydrogens is 178 g/mol. The molecule has 13 heavy (non-hydrogen) atoms. The summed E-state index contributed by atoms with van der Waals surface area (Å²) in [6.45, 7) is 0.971. The van der Waals surface area contributed by atoms with Gasteiger partial charge in [-0.3, -0.25) is 4.72 Å². The van der Waals surface area contributed by atoms with E-state index in [4.69, 9.17) is 0 Å². The summed E-state index contributed by atoms with van der Waals surface area (Å²) in [5.74, 6) is 0. The van der Waals surface area contributed by atoms with Gasteiger partial charge in [0.05, 0.1) is 0 Å². The largest absolute Gasteiger partial charge is 0.255 e. The first-order chi connectivity index (χ1) is 6.45. The third kappa shape index (κ3) is 1.06. The number of hydrogen-bond donors (Lipinski definition) is 1. The molecule has 2 heteroatoms. The molecule has 1 nitrogen and oxygen atoms in total. The molecule has 0 spiro atoms. The molecule has 0 aromatic heterocycles. The monoisotopic (exact) mass is 187 g/mol. The minimum absolute atomic E-state index is 0.971. The van der Waals surface area contributed by atoms with Crippen LogP contribution in [0.5, 0.6) is 0 Å². The van der Waals surface area contributed by atoms with Crippen LogP contribution in [0, 0.1) is 0 Å². The van der Waals surface area contributed by atoms with Crippen LogP contribution in [0.25, 0.3) is 10.8 Å². The number of hydrogen-bond acceptors (Lipinski definition) is 2. The number of nitrogens with one attached hydrogen (secondary N) is 1. The van der Waals surface area contributed by atoms with E-state index in [1.807, 2.05) is 0 Å². The van der Waals surface area contributed by atoms with E-state index in [9.17, 15) is 0 Å². The maximum atomic E-state index is 3.32. The molecular formula is C11H9NS. The lowest BCUT2D eigenvalue weighted by Gasteiger charge is -2.16. The van der Waals surface area contributed by atoms with Gasteiger partial charge in [0, 0.05) is 16.8 Å². The molecule has 1 N–H and O–H groups in total. The zero-order chi connectivity index (χ0) is 8.67. The lowest BCUT2D eigenvalue weighted by atomic mass is 10.0. The highest BCUT2D eigenvalue weighted by Crippen LogP contribution is 2.32. The molecule has 0 atom stereocenters. The van der Waals surface area contributed by atoms with E-state index in [1.165, 1.54) is 21.2 Å². The van der Waals surface area contributed by atoms with Crippen LogP contribution in [0.1, 0.15) is 5.56 Å². The molecule has 0 radical (unpaired) electrons. The molecule has 64 valence electrons. The van der Waals surface area contributed by atoms with Crippen LogP contribution in [0.15, 0.2) is 41.3 Å². The Kier molecular flexibility index (Phi) is 1.57. The Balaban J connectivity index is 2.49. The van der Waals surface area contributed by atoms with Gasteiger partial charge < -0.3 is 0 Å². The topological polar surface area (TPSA) is 12.0 Å². The SMILES string of the molecule is c1cc2c3c(cccc3c1)SNC2. The van der Waals surface area contributed by atoms with Crippen molar-refractivity contribution in [2.24, 2.45) is 0 Å². The van der Waals surface area contributed by atoms with Gasteiger partial charge in [-0.15, -0.1) is 0 Å². The number of benzene rings is 2. The first kappa shape index (κ1) is 7.42. The van der Waals surface area contributed by atoms with Crippen molar-refractivity contribution in [2.75, 3.05) is 0 Å². The third-order valence-electron chi connectivity index (χ3n) is 2.40. The molecule has 0 unspecified atom stereocenters. The lowest BCUT2D eigenvalue weighted by Crippen LogP contribution is -2.08. The molecule has 1 aliphatic rings. The third-order valence-corrected chi connectivity index (χ3v) is 3.25. The van der Waals surface area contributed by atoms with E-state index in [0.717, 1.165) is 6.54 Å². The molecule has 0 fully saturated rings. The first-order valence-electron chi connectivity index (χ1n) is 4.35. The predicted molar refractivity (Wildman–Crippen MR) is 56.6 cm³/mol. The van der Waals surface area contributed by atoms with Crippen molar-refractivity contribution in [3.05, 3.63) is 42.0 Å². The second-order valence-corrected chi connectivity index (χ2v) is 4.13. The molecule has 0 aliphatic carbocycles. The zero-order valence-corrected chi connectivity index (χ0v) is 7.90. The van der Waals surface area contributed by atoms with E-state index < -0.39 is 0 Å². The fourth-order valence-corrected chi connectivity index (χ4v) is 2.69. The standard InChI is InChI=1S/C11H9NS/c1-3-8-4-2-6-10-11(8)9(5-1)7-12-13-10/h1-6,12H,7H2. The average molecular weight is 187 g/mol. The molecule has 0 amide bonds. The molecule has 3 rings (SSSR count). The zero-order valence-electron chi connectivity index (χ0n) is 7.08. The first-order valence-corrected chi connectivity index (χ1v) is 5.17. The van der Waals surface area contributed by atoms with Crippen molar-refractivity contribution < 1.29 is 0 Å². The summed E-state index contributed by atoms with van der Waals surface area (Å²) in [6.07, 6.45) is 0. The maximum Gasteiger partial charge on any atom is 0.0319 e. The predicted octanol–water partition coefficient (Wildman–Crippen LogP) is 2.95. The van der Waals surface area contributed by atoms with Crippen LogP contribution >= 0.6 is 11.9 Å². The van der Waals surface area contributed by atoms with E-state index in [2.05, 4.69) is 41.1 Å². The van der Waals surface area contributed by atoms with Gasteiger partial charge in [-0.25, -0.2) is 0 Å². The quantitative estimate of drug-likeness (QED) is 0.636. The summed E-state index contributed by atoms with van der Waals surface area (Å²) in [6, 6.07) is 12.9. The highest BCUT2D eigenvalue weighted by atomic mass is 32.2. The normalized spacial score (nSPS) is 14.8. The Bertz CT molecular complexity index is 426. The highest BCUT2D eigenvalue weighted by molar-refractivity contribution is 7.97. The minimum atomic E-state index is 0.971. The van der Waals surface area contributed by atoms with Gasteiger partial charge in [0.2, 0.25) is 0 Å². The van der Waals surface area contributed by atoms with Crippen LogP contribution in [-0.2, 0) is 6.54 Å². The molecule has 1 heterocycles. The van der Waals surface area contributed by atoms with Crippen molar-refractivity contribution in [2.45, 2.75) is 11.4 Å². The van der Waals surface area contributed by atoms with Crippen LogP contribution in [0.4, 0.5) is 0 Å². The van der Waals surface area contributed by atoms with Crippen molar-refractivity contribution in [3.8, 4) is 0 Å². The van der Waals surface area contributed by atoms with Gasteiger partial charge in [0.15, 0.2) is 0 Å². The summed E-state index contributed by atoms with van der Waals surface area (Å²) >= 11 is 1.73. The van der Waals surface area contributed by atoms with E-state index in [1.54, 1.807) is 11.9 Å². The minimum Gasteiger partial charge on any atom is -0.255 e. The molecule has 2 aromatic rings. The van der Waals surface area contributed by atoms with Crippen molar-refractivity contribution in [1.82, 2.24) is 4.72 Å². The second-order valence-electron chi connectivity index (χ2n) is 3.19. The molecule has 0 saturated heterocycles.